The smallest absolute Gasteiger partial charge is 0.119 e. The first kappa shape index (κ1) is 16.6. The molecule has 2 heteroatoms. The zero-order valence-corrected chi connectivity index (χ0v) is 15.0. The molecule has 126 valence electrons. The Morgan fingerprint density at radius 1 is 1.00 bits per heavy atom. The highest BCUT2D eigenvalue weighted by Gasteiger charge is 2.04. The van der Waals surface area contributed by atoms with Crippen LogP contribution in [0.15, 0.2) is 54.7 Å². The fourth-order valence-corrected chi connectivity index (χ4v) is 3.02. The number of ether oxygens (including phenoxy) is 1. The third-order valence-electron chi connectivity index (χ3n) is 4.61. The van der Waals surface area contributed by atoms with Gasteiger partial charge in [0.05, 0.1) is 6.61 Å². The quantitative estimate of drug-likeness (QED) is 0.502. The van der Waals surface area contributed by atoms with E-state index in [0.717, 1.165) is 31.7 Å². The minimum atomic E-state index is 0.574. The lowest BCUT2D eigenvalue weighted by Gasteiger charge is -2.09. The van der Waals surface area contributed by atoms with Crippen molar-refractivity contribution in [2.45, 2.75) is 46.1 Å². The summed E-state index contributed by atoms with van der Waals surface area (Å²) in [4.78, 5) is 0. The second kappa shape index (κ2) is 7.57. The van der Waals surface area contributed by atoms with Crippen molar-refractivity contribution in [3.05, 3.63) is 65.9 Å². The van der Waals surface area contributed by atoms with Crippen LogP contribution in [0.5, 0.6) is 5.75 Å². The van der Waals surface area contributed by atoms with E-state index in [0.29, 0.717) is 5.92 Å². The van der Waals surface area contributed by atoms with Crippen molar-refractivity contribution < 1.29 is 4.74 Å². The number of aromatic nitrogens is 1. The van der Waals surface area contributed by atoms with Gasteiger partial charge in [0.15, 0.2) is 0 Å². The van der Waals surface area contributed by atoms with Crippen molar-refractivity contribution in [3.63, 3.8) is 0 Å². The number of fused-ring (bicyclic) bond motifs is 1. The van der Waals surface area contributed by atoms with Crippen LogP contribution in [0.25, 0.3) is 10.9 Å². The van der Waals surface area contributed by atoms with E-state index in [1.54, 1.807) is 0 Å². The molecule has 1 aromatic heterocycles. The Hall–Kier alpha value is -2.22. The zero-order valence-electron chi connectivity index (χ0n) is 15.0. The average molecular weight is 321 g/mol. The normalized spacial score (nSPS) is 11.3. The molecule has 0 aliphatic rings. The Balaban J connectivity index is 1.55. The minimum Gasteiger partial charge on any atom is -0.494 e. The minimum absolute atomic E-state index is 0.574. The highest BCUT2D eigenvalue weighted by molar-refractivity contribution is 5.81. The molecule has 0 fully saturated rings. The summed E-state index contributed by atoms with van der Waals surface area (Å²) >= 11 is 0. The molecule has 2 aromatic carbocycles. The van der Waals surface area contributed by atoms with Gasteiger partial charge in [0.2, 0.25) is 0 Å². The molecule has 3 aromatic rings. The summed E-state index contributed by atoms with van der Waals surface area (Å²) in [5.41, 5.74) is 4.06. The molecule has 0 unspecified atom stereocenters. The van der Waals surface area contributed by atoms with Crippen LogP contribution in [0.2, 0.25) is 0 Å². The van der Waals surface area contributed by atoms with E-state index >= 15 is 0 Å². The highest BCUT2D eigenvalue weighted by Crippen LogP contribution is 2.22. The zero-order chi connectivity index (χ0) is 16.9. The summed E-state index contributed by atoms with van der Waals surface area (Å²) in [6, 6.07) is 17.4. The van der Waals surface area contributed by atoms with Crippen molar-refractivity contribution in [2.75, 3.05) is 6.61 Å². The molecule has 0 aliphatic heterocycles. The lowest BCUT2D eigenvalue weighted by Crippen LogP contribution is -2.03. The molecule has 0 N–H and O–H groups in total. The topological polar surface area (TPSA) is 14.2 Å². The molecule has 0 radical (unpaired) electrons. The number of hydrogen-bond donors (Lipinski definition) is 0. The lowest BCUT2D eigenvalue weighted by atomic mass is 10.0. The fourth-order valence-electron chi connectivity index (χ4n) is 3.02. The molecule has 0 saturated carbocycles. The van der Waals surface area contributed by atoms with Crippen LogP contribution >= 0.6 is 0 Å². The molecule has 0 spiro atoms. The molecular weight excluding hydrogens is 294 g/mol. The van der Waals surface area contributed by atoms with Crippen LogP contribution in [0.4, 0.5) is 0 Å². The van der Waals surface area contributed by atoms with E-state index in [1.165, 1.54) is 22.0 Å². The van der Waals surface area contributed by atoms with Crippen molar-refractivity contribution in [1.82, 2.24) is 4.57 Å². The van der Waals surface area contributed by atoms with Crippen LogP contribution in [-0.2, 0) is 13.0 Å². The van der Waals surface area contributed by atoms with Crippen LogP contribution in [0.1, 0.15) is 44.2 Å². The maximum absolute atomic E-state index is 5.85. The largest absolute Gasteiger partial charge is 0.494 e. The molecule has 1 heterocycles. The summed E-state index contributed by atoms with van der Waals surface area (Å²) in [6.45, 7) is 8.37. The molecule has 0 saturated heterocycles. The van der Waals surface area contributed by atoms with E-state index in [2.05, 4.69) is 80.1 Å². The molecule has 2 nitrogen and oxygen atoms in total. The average Bonchev–Trinajstić information content (AvgIpc) is 3.01. The van der Waals surface area contributed by atoms with Crippen LogP contribution in [-0.4, -0.2) is 11.2 Å². The predicted octanol–water partition coefficient (Wildman–Crippen LogP) is 5.80. The van der Waals surface area contributed by atoms with Crippen LogP contribution in [0, 0.1) is 0 Å². The molecule has 0 bridgehead atoms. The first-order chi connectivity index (χ1) is 11.7. The van der Waals surface area contributed by atoms with Crippen molar-refractivity contribution in [3.8, 4) is 5.75 Å². The van der Waals surface area contributed by atoms with Crippen LogP contribution < -0.4 is 4.74 Å². The summed E-state index contributed by atoms with van der Waals surface area (Å²) in [5, 5.41) is 1.33. The van der Waals surface area contributed by atoms with E-state index in [9.17, 15) is 0 Å². The van der Waals surface area contributed by atoms with Gasteiger partial charge in [-0.3, -0.25) is 0 Å². The Morgan fingerprint density at radius 2 is 1.79 bits per heavy atom. The molecule has 0 aliphatic carbocycles. The monoisotopic (exact) mass is 321 g/mol. The van der Waals surface area contributed by atoms with Gasteiger partial charge in [-0.1, -0.05) is 39.0 Å². The van der Waals surface area contributed by atoms with Crippen molar-refractivity contribution in [1.29, 1.82) is 0 Å². The Bertz CT molecular complexity index is 783. The van der Waals surface area contributed by atoms with Gasteiger partial charge in [-0.2, -0.15) is 0 Å². The molecule has 0 atom stereocenters. The van der Waals surface area contributed by atoms with Gasteiger partial charge < -0.3 is 9.30 Å². The first-order valence-electron chi connectivity index (χ1n) is 8.98. The summed E-state index contributed by atoms with van der Waals surface area (Å²) in [5.74, 6) is 1.54. The number of benzene rings is 2. The van der Waals surface area contributed by atoms with E-state index in [-0.39, 0.29) is 0 Å². The van der Waals surface area contributed by atoms with Gasteiger partial charge >= 0.3 is 0 Å². The fraction of sp³-hybridized carbons (Fsp3) is 0.364. The Kier molecular flexibility index (Phi) is 5.24. The van der Waals surface area contributed by atoms with Gasteiger partial charge in [0.25, 0.3) is 0 Å². The number of aryl methyl sites for hydroxylation is 2. The standard InChI is InChI=1S/C22H27NO/c1-4-18-6-9-21(10-7-18)24-15-5-13-23-14-12-20-16-19(17(2)3)8-11-22(20)23/h6-12,14,16-17H,4-5,13,15H2,1-3H3. The molecule has 0 amide bonds. The number of hydrogen-bond acceptors (Lipinski definition) is 1. The maximum Gasteiger partial charge on any atom is 0.119 e. The van der Waals surface area contributed by atoms with E-state index < -0.39 is 0 Å². The first-order valence-corrected chi connectivity index (χ1v) is 8.98. The summed E-state index contributed by atoms with van der Waals surface area (Å²) < 4.78 is 8.18. The summed E-state index contributed by atoms with van der Waals surface area (Å²) in [7, 11) is 0. The third-order valence-corrected chi connectivity index (χ3v) is 4.61. The van der Waals surface area contributed by atoms with Crippen LogP contribution in [0.3, 0.4) is 0 Å². The Morgan fingerprint density at radius 3 is 2.50 bits per heavy atom. The molecule has 3 rings (SSSR count). The van der Waals surface area contributed by atoms with Gasteiger partial charge in [-0.25, -0.2) is 0 Å². The van der Waals surface area contributed by atoms with E-state index in [4.69, 9.17) is 4.74 Å². The Labute approximate surface area is 145 Å². The van der Waals surface area contributed by atoms with Gasteiger partial charge in [0, 0.05) is 18.3 Å². The van der Waals surface area contributed by atoms with Gasteiger partial charge in [-0.15, -0.1) is 0 Å². The highest BCUT2D eigenvalue weighted by atomic mass is 16.5. The number of nitrogens with zero attached hydrogens (tertiary/aromatic N) is 1. The lowest BCUT2D eigenvalue weighted by molar-refractivity contribution is 0.302. The van der Waals surface area contributed by atoms with Gasteiger partial charge in [0.1, 0.15) is 5.75 Å². The van der Waals surface area contributed by atoms with E-state index in [1.807, 2.05) is 0 Å². The van der Waals surface area contributed by atoms with Gasteiger partial charge in [-0.05, 0) is 65.6 Å². The molecular formula is C22H27NO. The molecule has 24 heavy (non-hydrogen) atoms. The second-order valence-corrected chi connectivity index (χ2v) is 6.68. The second-order valence-electron chi connectivity index (χ2n) is 6.68. The van der Waals surface area contributed by atoms with Crippen molar-refractivity contribution in [2.24, 2.45) is 0 Å². The summed E-state index contributed by atoms with van der Waals surface area (Å²) in [6.07, 6.45) is 4.26. The SMILES string of the molecule is CCc1ccc(OCCCn2ccc3cc(C(C)C)ccc32)cc1. The van der Waals surface area contributed by atoms with Crippen molar-refractivity contribution >= 4 is 10.9 Å². The predicted molar refractivity (Wildman–Crippen MR) is 102 cm³/mol. The third kappa shape index (κ3) is 3.81. The number of rotatable bonds is 7. The maximum atomic E-state index is 5.85.